The van der Waals surface area contributed by atoms with Gasteiger partial charge in [0.05, 0.1) is 3.79 Å². The second-order valence-corrected chi connectivity index (χ2v) is 5.96. The summed E-state index contributed by atoms with van der Waals surface area (Å²) in [6.07, 6.45) is 4.17. The molecule has 0 atom stereocenters. The van der Waals surface area contributed by atoms with Gasteiger partial charge in [-0.05, 0) is 51.8 Å². The van der Waals surface area contributed by atoms with Crippen molar-refractivity contribution in [3.05, 3.63) is 55.6 Å². The topological polar surface area (TPSA) is 0 Å². The summed E-state index contributed by atoms with van der Waals surface area (Å²) in [5, 5.41) is 0.769. The molecule has 15 heavy (non-hydrogen) atoms. The van der Waals surface area contributed by atoms with Crippen molar-refractivity contribution >= 4 is 51.0 Å². The van der Waals surface area contributed by atoms with Crippen molar-refractivity contribution in [2.45, 2.75) is 0 Å². The minimum atomic E-state index is 0.769. The van der Waals surface area contributed by atoms with Gasteiger partial charge >= 0.3 is 0 Å². The molecule has 0 fully saturated rings. The summed E-state index contributed by atoms with van der Waals surface area (Å²) in [5.41, 5.74) is 1.16. The van der Waals surface area contributed by atoms with Gasteiger partial charge in [-0.15, -0.1) is 11.3 Å². The zero-order valence-corrected chi connectivity index (χ0v) is 10.9. The molecule has 2 rings (SSSR count). The predicted molar refractivity (Wildman–Crippen MR) is 72.4 cm³/mol. The third-order valence-electron chi connectivity index (χ3n) is 1.90. The lowest BCUT2D eigenvalue weighted by Crippen LogP contribution is -1.69. The maximum absolute atomic E-state index is 5.80. The average Bonchev–Trinajstić information content (AvgIpc) is 2.64. The van der Waals surface area contributed by atoms with Crippen LogP contribution < -0.4 is 0 Å². The molecule has 0 aliphatic carbocycles. The average molecular weight is 300 g/mol. The maximum Gasteiger partial charge on any atom is 0.0704 e. The quantitative estimate of drug-likeness (QED) is 0.702. The van der Waals surface area contributed by atoms with E-state index in [9.17, 15) is 0 Å². The van der Waals surface area contributed by atoms with E-state index in [2.05, 4.69) is 34.1 Å². The highest BCUT2D eigenvalue weighted by Crippen LogP contribution is 2.23. The Hall–Kier alpha value is -0.570. The fourth-order valence-corrected chi connectivity index (χ4v) is 2.62. The molecule has 0 N–H and O–H groups in total. The van der Waals surface area contributed by atoms with Crippen LogP contribution in [0.2, 0.25) is 5.02 Å². The predicted octanol–water partition coefficient (Wildman–Crippen LogP) is 5.33. The van der Waals surface area contributed by atoms with E-state index in [-0.39, 0.29) is 0 Å². The largest absolute Gasteiger partial charge is 0.129 e. The van der Waals surface area contributed by atoms with Crippen molar-refractivity contribution in [1.29, 1.82) is 0 Å². The van der Waals surface area contributed by atoms with Gasteiger partial charge in [-0.2, -0.15) is 0 Å². The second kappa shape index (κ2) is 4.97. The molecule has 0 spiro atoms. The van der Waals surface area contributed by atoms with E-state index < -0.39 is 0 Å². The zero-order valence-electron chi connectivity index (χ0n) is 7.78. The minimum Gasteiger partial charge on any atom is -0.129 e. The summed E-state index contributed by atoms with van der Waals surface area (Å²) in [7, 11) is 0. The standard InChI is InChI=1S/C12H8BrClS/c13-12-8-7-11(15-12)6-3-9-1-4-10(14)5-2-9/h1-8H/b6-3+. The first-order valence-electron chi connectivity index (χ1n) is 4.43. The number of hydrogen-bond acceptors (Lipinski definition) is 1. The van der Waals surface area contributed by atoms with Crippen molar-refractivity contribution in [3.8, 4) is 0 Å². The molecule has 0 aliphatic rings. The molecule has 0 saturated carbocycles. The van der Waals surface area contributed by atoms with Crippen LogP contribution in [0.3, 0.4) is 0 Å². The molecule has 0 nitrogen and oxygen atoms in total. The van der Waals surface area contributed by atoms with E-state index in [1.54, 1.807) is 11.3 Å². The Morgan fingerprint density at radius 1 is 1.00 bits per heavy atom. The molecule has 1 heterocycles. The highest BCUT2D eigenvalue weighted by Gasteiger charge is 1.92. The van der Waals surface area contributed by atoms with Crippen LogP contribution in [0, 0.1) is 0 Å². The summed E-state index contributed by atoms with van der Waals surface area (Å²) in [6.45, 7) is 0. The molecule has 3 heteroatoms. The molecule has 1 aromatic heterocycles. The summed E-state index contributed by atoms with van der Waals surface area (Å²) in [4.78, 5) is 1.23. The van der Waals surface area contributed by atoms with E-state index in [0.29, 0.717) is 0 Å². The molecule has 2 aromatic rings. The van der Waals surface area contributed by atoms with Gasteiger partial charge in [0.1, 0.15) is 0 Å². The van der Waals surface area contributed by atoms with Gasteiger partial charge in [-0.3, -0.25) is 0 Å². The first kappa shape index (κ1) is 10.9. The van der Waals surface area contributed by atoms with Crippen LogP contribution in [-0.4, -0.2) is 0 Å². The molecule has 0 amide bonds. The number of rotatable bonds is 2. The van der Waals surface area contributed by atoms with Gasteiger partial charge in [0.25, 0.3) is 0 Å². The van der Waals surface area contributed by atoms with E-state index in [1.807, 2.05) is 30.3 Å². The summed E-state index contributed by atoms with van der Waals surface area (Å²) in [6, 6.07) is 11.9. The summed E-state index contributed by atoms with van der Waals surface area (Å²) >= 11 is 11.0. The molecule has 0 bridgehead atoms. The number of thiophene rings is 1. The molecule has 1 aromatic carbocycles. The van der Waals surface area contributed by atoms with Crippen LogP contribution in [0.25, 0.3) is 12.2 Å². The van der Waals surface area contributed by atoms with Gasteiger partial charge in [0.15, 0.2) is 0 Å². The Labute approximate surface area is 106 Å². The lowest BCUT2D eigenvalue weighted by molar-refractivity contribution is 1.66. The number of halogens is 2. The van der Waals surface area contributed by atoms with Crippen LogP contribution in [0.5, 0.6) is 0 Å². The number of benzene rings is 1. The fourth-order valence-electron chi connectivity index (χ4n) is 1.17. The molecule has 76 valence electrons. The zero-order chi connectivity index (χ0) is 10.7. The lowest BCUT2D eigenvalue weighted by Gasteiger charge is -1.92. The number of hydrogen-bond donors (Lipinski definition) is 0. The van der Waals surface area contributed by atoms with Crippen molar-refractivity contribution < 1.29 is 0 Å². The normalized spacial score (nSPS) is 11.1. The van der Waals surface area contributed by atoms with E-state index >= 15 is 0 Å². The Bertz CT molecular complexity index is 471. The third-order valence-corrected chi connectivity index (χ3v) is 3.74. The Kier molecular flexibility index (Phi) is 3.62. The van der Waals surface area contributed by atoms with Gasteiger partial charge in [0, 0.05) is 9.90 Å². The fraction of sp³-hybridized carbons (Fsp3) is 0. The first-order chi connectivity index (χ1) is 7.24. The molecule has 0 radical (unpaired) electrons. The van der Waals surface area contributed by atoms with Gasteiger partial charge in [-0.1, -0.05) is 29.8 Å². The second-order valence-electron chi connectivity index (χ2n) is 3.03. The van der Waals surface area contributed by atoms with Crippen LogP contribution in [0.4, 0.5) is 0 Å². The first-order valence-corrected chi connectivity index (χ1v) is 6.42. The molecular weight excluding hydrogens is 292 g/mol. The molecule has 0 saturated heterocycles. The minimum absolute atomic E-state index is 0.769. The third kappa shape index (κ3) is 3.20. The smallest absolute Gasteiger partial charge is 0.0704 e. The van der Waals surface area contributed by atoms with Crippen LogP contribution >= 0.6 is 38.9 Å². The van der Waals surface area contributed by atoms with Crippen LogP contribution in [0.15, 0.2) is 40.2 Å². The highest BCUT2D eigenvalue weighted by atomic mass is 79.9. The van der Waals surface area contributed by atoms with E-state index in [4.69, 9.17) is 11.6 Å². The van der Waals surface area contributed by atoms with E-state index in [0.717, 1.165) is 14.4 Å². The monoisotopic (exact) mass is 298 g/mol. The van der Waals surface area contributed by atoms with E-state index in [1.165, 1.54) is 4.88 Å². The Morgan fingerprint density at radius 3 is 2.33 bits per heavy atom. The highest BCUT2D eigenvalue weighted by molar-refractivity contribution is 9.11. The molecule has 0 unspecified atom stereocenters. The molecule has 0 aliphatic heterocycles. The van der Waals surface area contributed by atoms with Crippen molar-refractivity contribution in [1.82, 2.24) is 0 Å². The van der Waals surface area contributed by atoms with Gasteiger partial charge in [0.2, 0.25) is 0 Å². The van der Waals surface area contributed by atoms with Gasteiger partial charge in [-0.25, -0.2) is 0 Å². The van der Waals surface area contributed by atoms with Crippen LogP contribution in [0.1, 0.15) is 10.4 Å². The van der Waals surface area contributed by atoms with Crippen LogP contribution in [-0.2, 0) is 0 Å². The summed E-state index contributed by atoms with van der Waals surface area (Å²) in [5.74, 6) is 0. The Balaban J connectivity index is 2.14. The Morgan fingerprint density at radius 2 is 1.73 bits per heavy atom. The molecular formula is C12H8BrClS. The maximum atomic E-state index is 5.80. The van der Waals surface area contributed by atoms with Gasteiger partial charge < -0.3 is 0 Å². The SMILES string of the molecule is Clc1ccc(/C=C/c2ccc(Br)s2)cc1. The summed E-state index contributed by atoms with van der Waals surface area (Å²) < 4.78 is 1.15. The van der Waals surface area contributed by atoms with Crippen molar-refractivity contribution in [3.63, 3.8) is 0 Å². The lowest BCUT2D eigenvalue weighted by atomic mass is 10.2. The van der Waals surface area contributed by atoms with Crippen molar-refractivity contribution in [2.24, 2.45) is 0 Å². The van der Waals surface area contributed by atoms with Crippen molar-refractivity contribution in [2.75, 3.05) is 0 Å².